The fourth-order valence-electron chi connectivity index (χ4n) is 4.59. The van der Waals surface area contributed by atoms with Crippen LogP contribution in [0.1, 0.15) is 61.7 Å². The Bertz CT molecular complexity index is 1200. The van der Waals surface area contributed by atoms with Crippen LogP contribution < -0.4 is 10.6 Å². The molecule has 37 heavy (non-hydrogen) atoms. The van der Waals surface area contributed by atoms with Crippen LogP contribution >= 0.6 is 11.3 Å². The van der Waals surface area contributed by atoms with Crippen molar-refractivity contribution >= 4 is 22.4 Å². The molecule has 1 amide bonds. The number of amides is 1. The van der Waals surface area contributed by atoms with E-state index in [-0.39, 0.29) is 17.4 Å². The number of halogens is 2. The molecule has 2 atom stereocenters. The zero-order valence-electron chi connectivity index (χ0n) is 21.5. The van der Waals surface area contributed by atoms with Crippen LogP contribution in [0, 0.1) is 11.6 Å². The van der Waals surface area contributed by atoms with E-state index in [1.165, 1.54) is 17.4 Å². The molecule has 0 saturated heterocycles. The molecule has 3 aromatic rings. The third-order valence-electron chi connectivity index (χ3n) is 6.60. The fraction of sp³-hybridized carbons (Fsp3) is 0.464. The van der Waals surface area contributed by atoms with Gasteiger partial charge in [0.2, 0.25) is 11.0 Å². The summed E-state index contributed by atoms with van der Waals surface area (Å²) in [5, 5.41) is 16.0. The quantitative estimate of drug-likeness (QED) is 0.341. The summed E-state index contributed by atoms with van der Waals surface area (Å²) in [6, 6.07) is 11.8. The molecule has 0 bridgehead atoms. The summed E-state index contributed by atoms with van der Waals surface area (Å²) in [5.41, 5.74) is 1.99. The number of nitrogens with one attached hydrogen (secondary N) is 2. The highest BCUT2D eigenvalue weighted by Gasteiger charge is 2.29. The lowest BCUT2D eigenvalue weighted by molar-refractivity contribution is -0.118. The topological polar surface area (TPSA) is 76.1 Å². The summed E-state index contributed by atoms with van der Waals surface area (Å²) in [5.74, 6) is -1.25. The number of nitrogens with zero attached hydrogens (tertiary/aromatic N) is 2. The van der Waals surface area contributed by atoms with Crippen LogP contribution in [-0.2, 0) is 34.4 Å². The highest BCUT2D eigenvalue weighted by atomic mass is 32.1. The van der Waals surface area contributed by atoms with Gasteiger partial charge in [-0.05, 0) is 48.4 Å². The first-order valence-corrected chi connectivity index (χ1v) is 13.6. The Balaban J connectivity index is 1.34. The minimum absolute atomic E-state index is 0.0690. The van der Waals surface area contributed by atoms with E-state index in [9.17, 15) is 13.6 Å². The normalized spacial score (nSPS) is 16.3. The van der Waals surface area contributed by atoms with Crippen molar-refractivity contribution in [3.8, 4) is 0 Å². The molecule has 1 heterocycles. The van der Waals surface area contributed by atoms with Gasteiger partial charge in [-0.1, -0.05) is 68.9 Å². The number of rotatable bonds is 11. The second-order valence-corrected chi connectivity index (χ2v) is 11.2. The minimum Gasteiger partial charge on any atom is -0.376 e. The maximum Gasteiger partial charge on any atom is 0.243 e. The van der Waals surface area contributed by atoms with Crippen molar-refractivity contribution in [2.45, 2.75) is 77.0 Å². The number of fused-ring (bicyclic) bond motifs is 1. The second kappa shape index (κ2) is 12.2. The van der Waals surface area contributed by atoms with E-state index in [1.54, 1.807) is 0 Å². The monoisotopic (exact) mass is 528 g/mol. The summed E-state index contributed by atoms with van der Waals surface area (Å²) in [6.45, 7) is 7.08. The molecule has 1 aliphatic carbocycles. The number of benzene rings is 2. The van der Waals surface area contributed by atoms with Crippen molar-refractivity contribution in [2.75, 3.05) is 11.9 Å². The molecule has 0 radical (unpaired) electrons. The van der Waals surface area contributed by atoms with Gasteiger partial charge in [0.05, 0.1) is 19.3 Å². The Morgan fingerprint density at radius 1 is 1.22 bits per heavy atom. The first-order valence-electron chi connectivity index (χ1n) is 12.7. The molecular formula is C28H34F2N4O2S. The summed E-state index contributed by atoms with van der Waals surface area (Å²) in [7, 11) is 0. The van der Waals surface area contributed by atoms with Gasteiger partial charge in [-0.15, -0.1) is 10.2 Å². The van der Waals surface area contributed by atoms with Gasteiger partial charge in [0.25, 0.3) is 0 Å². The van der Waals surface area contributed by atoms with E-state index < -0.39 is 17.7 Å². The highest BCUT2D eigenvalue weighted by Crippen LogP contribution is 2.30. The number of aromatic nitrogens is 2. The minimum atomic E-state index is -0.548. The predicted molar refractivity (Wildman–Crippen MR) is 142 cm³/mol. The van der Waals surface area contributed by atoms with E-state index in [2.05, 4.69) is 20.8 Å². The van der Waals surface area contributed by atoms with Gasteiger partial charge in [-0.2, -0.15) is 0 Å². The third kappa shape index (κ3) is 7.18. The molecule has 2 unspecified atom stereocenters. The average Bonchev–Trinajstić information content (AvgIpc) is 3.34. The summed E-state index contributed by atoms with van der Waals surface area (Å²) in [6.07, 6.45) is 3.15. The molecular weight excluding hydrogens is 494 g/mol. The maximum absolute atomic E-state index is 14.3. The van der Waals surface area contributed by atoms with Crippen LogP contribution in [0.25, 0.3) is 0 Å². The standard InChI is InChI=1S/C28H34F2N4O2S/c1-4-8-24(31-21-12-11-19-13-20(29)14-23(30)22(19)15-21)25(35)32-27-34-33-26(37-27)28(2,3)17-36-16-18-9-6-5-7-10-18/h5-7,9-10,13-14,21,24,31H,4,8,11-12,15-17H2,1-3H3,(H,32,34,35). The molecule has 0 spiro atoms. The van der Waals surface area contributed by atoms with Crippen molar-refractivity contribution in [2.24, 2.45) is 0 Å². The predicted octanol–water partition coefficient (Wildman–Crippen LogP) is 5.57. The van der Waals surface area contributed by atoms with Crippen molar-refractivity contribution < 1.29 is 18.3 Å². The summed E-state index contributed by atoms with van der Waals surface area (Å²) in [4.78, 5) is 13.1. The van der Waals surface area contributed by atoms with Gasteiger partial charge < -0.3 is 10.1 Å². The zero-order chi connectivity index (χ0) is 26.4. The van der Waals surface area contributed by atoms with E-state index >= 15 is 0 Å². The van der Waals surface area contributed by atoms with Crippen molar-refractivity contribution in [3.05, 3.63) is 75.8 Å². The van der Waals surface area contributed by atoms with Crippen molar-refractivity contribution in [1.82, 2.24) is 15.5 Å². The zero-order valence-corrected chi connectivity index (χ0v) is 22.3. The van der Waals surface area contributed by atoms with Gasteiger partial charge in [-0.25, -0.2) is 8.78 Å². The molecule has 0 aliphatic heterocycles. The fourth-order valence-corrected chi connectivity index (χ4v) is 5.43. The summed E-state index contributed by atoms with van der Waals surface area (Å²) >= 11 is 1.34. The van der Waals surface area contributed by atoms with Crippen molar-refractivity contribution in [3.63, 3.8) is 0 Å². The van der Waals surface area contributed by atoms with Crippen LogP contribution in [0.5, 0.6) is 0 Å². The number of hydrogen-bond donors (Lipinski definition) is 2. The molecule has 0 fully saturated rings. The molecule has 6 nitrogen and oxygen atoms in total. The Morgan fingerprint density at radius 3 is 2.76 bits per heavy atom. The Hall–Kier alpha value is -2.75. The maximum atomic E-state index is 14.3. The van der Waals surface area contributed by atoms with E-state index in [0.717, 1.165) is 23.1 Å². The largest absolute Gasteiger partial charge is 0.376 e. The Labute approximate surface area is 220 Å². The van der Waals surface area contributed by atoms with Crippen LogP contribution in [-0.4, -0.2) is 34.8 Å². The van der Waals surface area contributed by atoms with Crippen LogP contribution in [0.2, 0.25) is 0 Å². The Morgan fingerprint density at radius 2 is 2.00 bits per heavy atom. The molecule has 1 aliphatic rings. The smallest absolute Gasteiger partial charge is 0.243 e. The molecule has 0 saturated carbocycles. The van der Waals surface area contributed by atoms with Crippen LogP contribution in [0.15, 0.2) is 42.5 Å². The van der Waals surface area contributed by atoms with Crippen molar-refractivity contribution in [1.29, 1.82) is 0 Å². The first-order chi connectivity index (χ1) is 17.7. The number of hydrogen-bond acceptors (Lipinski definition) is 6. The molecule has 4 rings (SSSR count). The van der Waals surface area contributed by atoms with Crippen LogP contribution in [0.3, 0.4) is 0 Å². The lowest BCUT2D eigenvalue weighted by Gasteiger charge is -2.29. The third-order valence-corrected chi connectivity index (χ3v) is 7.81. The Kier molecular flexibility index (Phi) is 9.00. The highest BCUT2D eigenvalue weighted by molar-refractivity contribution is 7.15. The number of aryl methyl sites for hydroxylation is 1. The first kappa shape index (κ1) is 27.3. The molecule has 1 aromatic heterocycles. The van der Waals surface area contributed by atoms with Crippen LogP contribution in [0.4, 0.5) is 13.9 Å². The average molecular weight is 529 g/mol. The number of ether oxygens (including phenoxy) is 1. The lowest BCUT2D eigenvalue weighted by Crippen LogP contribution is -2.47. The second-order valence-electron chi connectivity index (χ2n) is 10.2. The molecule has 2 aromatic carbocycles. The summed E-state index contributed by atoms with van der Waals surface area (Å²) < 4.78 is 33.8. The lowest BCUT2D eigenvalue weighted by atomic mass is 9.87. The molecule has 198 valence electrons. The van der Waals surface area contributed by atoms with Gasteiger partial charge in [0.1, 0.15) is 16.6 Å². The number of anilines is 1. The number of carbonyl (C=O) groups is 1. The van der Waals surface area contributed by atoms with E-state index in [1.807, 2.05) is 51.1 Å². The number of carbonyl (C=O) groups excluding carboxylic acids is 1. The van der Waals surface area contributed by atoms with Gasteiger partial charge >= 0.3 is 0 Å². The SMILES string of the molecule is CCCC(NC1CCc2cc(F)cc(F)c2C1)C(=O)Nc1nnc(C(C)(C)COCc2ccccc2)s1. The van der Waals surface area contributed by atoms with E-state index in [4.69, 9.17) is 4.74 Å². The molecule has 9 heteroatoms. The van der Waals surface area contributed by atoms with E-state index in [0.29, 0.717) is 55.2 Å². The van der Waals surface area contributed by atoms with Gasteiger partial charge in [0.15, 0.2) is 0 Å². The van der Waals surface area contributed by atoms with Gasteiger partial charge in [0, 0.05) is 17.5 Å². The van der Waals surface area contributed by atoms with Gasteiger partial charge in [-0.3, -0.25) is 10.1 Å². The molecule has 2 N–H and O–H groups in total.